The molecule has 1 saturated carbocycles. The molecule has 2 fully saturated rings. The monoisotopic (exact) mass is 307 g/mol. The summed E-state index contributed by atoms with van der Waals surface area (Å²) in [6.45, 7) is 11.4. The second kappa shape index (κ2) is 6.25. The molecule has 1 aliphatic heterocycles. The zero-order valence-electron chi connectivity index (χ0n) is 13.9. The highest BCUT2D eigenvalue weighted by Crippen LogP contribution is 2.35. The lowest BCUT2D eigenvalue weighted by Gasteiger charge is -2.36. The molecule has 1 N–H and O–H groups in total. The summed E-state index contributed by atoms with van der Waals surface area (Å²) in [6, 6.07) is 1.40. The van der Waals surface area contributed by atoms with E-state index in [4.69, 9.17) is 4.98 Å². The molecule has 2 aliphatic rings. The van der Waals surface area contributed by atoms with Crippen LogP contribution in [-0.4, -0.2) is 23.6 Å². The first kappa shape index (κ1) is 15.3. The molecular formula is C17H29N3S. The van der Waals surface area contributed by atoms with Crippen LogP contribution in [0.15, 0.2) is 0 Å². The van der Waals surface area contributed by atoms with E-state index in [-0.39, 0.29) is 0 Å². The maximum Gasteiger partial charge on any atom is 0.186 e. The number of thiazole rings is 1. The summed E-state index contributed by atoms with van der Waals surface area (Å²) in [5, 5.41) is 4.91. The van der Waals surface area contributed by atoms with Crippen molar-refractivity contribution < 1.29 is 0 Å². The van der Waals surface area contributed by atoms with Crippen molar-refractivity contribution in [3.63, 3.8) is 0 Å². The minimum absolute atomic E-state index is 0.517. The Balaban J connectivity index is 1.78. The van der Waals surface area contributed by atoms with Gasteiger partial charge in [-0.25, -0.2) is 4.98 Å². The van der Waals surface area contributed by atoms with Crippen LogP contribution in [0.25, 0.3) is 0 Å². The third-order valence-electron chi connectivity index (χ3n) is 4.76. The third-order valence-corrected chi connectivity index (χ3v) is 5.86. The number of hydrogen-bond donors (Lipinski definition) is 1. The number of piperidine rings is 1. The summed E-state index contributed by atoms with van der Waals surface area (Å²) in [5.41, 5.74) is 1.31. The molecule has 3 rings (SSSR count). The van der Waals surface area contributed by atoms with Crippen LogP contribution >= 0.6 is 11.3 Å². The highest BCUT2D eigenvalue weighted by Gasteiger charge is 2.27. The topological polar surface area (TPSA) is 28.2 Å². The summed E-state index contributed by atoms with van der Waals surface area (Å²) in [7, 11) is 0. The van der Waals surface area contributed by atoms with Crippen molar-refractivity contribution in [3.8, 4) is 0 Å². The van der Waals surface area contributed by atoms with Gasteiger partial charge in [0.25, 0.3) is 0 Å². The van der Waals surface area contributed by atoms with Crippen LogP contribution < -0.4 is 10.2 Å². The zero-order chi connectivity index (χ0) is 15.0. The van der Waals surface area contributed by atoms with E-state index >= 15 is 0 Å². The van der Waals surface area contributed by atoms with Crippen molar-refractivity contribution in [3.05, 3.63) is 10.6 Å². The van der Waals surface area contributed by atoms with Gasteiger partial charge in [-0.1, -0.05) is 20.8 Å². The van der Waals surface area contributed by atoms with E-state index in [0.29, 0.717) is 12.0 Å². The van der Waals surface area contributed by atoms with Gasteiger partial charge in [-0.15, -0.1) is 11.3 Å². The smallest absolute Gasteiger partial charge is 0.186 e. The Morgan fingerprint density at radius 3 is 2.67 bits per heavy atom. The molecule has 3 nitrogen and oxygen atoms in total. The molecule has 0 radical (unpaired) electrons. The van der Waals surface area contributed by atoms with Crippen LogP contribution in [0.5, 0.6) is 0 Å². The second-order valence-corrected chi connectivity index (χ2v) is 8.36. The maximum atomic E-state index is 5.02. The van der Waals surface area contributed by atoms with Crippen molar-refractivity contribution in [1.82, 2.24) is 10.3 Å². The van der Waals surface area contributed by atoms with E-state index in [1.807, 2.05) is 11.3 Å². The van der Waals surface area contributed by atoms with Gasteiger partial charge in [0.05, 0.1) is 5.69 Å². The SMILES string of the molecule is CC1CCC(C)N(c2nc(C(C)C)c(CNC3CC3)s2)C1. The number of nitrogens with zero attached hydrogens (tertiary/aromatic N) is 2. The van der Waals surface area contributed by atoms with Gasteiger partial charge in [-0.2, -0.15) is 0 Å². The lowest BCUT2D eigenvalue weighted by atomic mass is 9.96. The summed E-state index contributed by atoms with van der Waals surface area (Å²) in [5.74, 6) is 1.31. The Morgan fingerprint density at radius 1 is 1.24 bits per heavy atom. The first-order valence-corrected chi connectivity index (χ1v) is 9.36. The predicted octanol–water partition coefficient (Wildman–Crippen LogP) is 4.14. The lowest BCUT2D eigenvalue weighted by Crippen LogP contribution is -2.41. The molecule has 2 unspecified atom stereocenters. The van der Waals surface area contributed by atoms with Crippen molar-refractivity contribution in [2.75, 3.05) is 11.4 Å². The van der Waals surface area contributed by atoms with E-state index in [2.05, 4.69) is 37.9 Å². The third kappa shape index (κ3) is 3.59. The molecule has 0 bridgehead atoms. The van der Waals surface area contributed by atoms with E-state index in [0.717, 1.165) is 18.5 Å². The Bertz CT molecular complexity index is 478. The van der Waals surface area contributed by atoms with Gasteiger partial charge < -0.3 is 10.2 Å². The predicted molar refractivity (Wildman–Crippen MR) is 91.3 cm³/mol. The Kier molecular flexibility index (Phi) is 4.55. The van der Waals surface area contributed by atoms with Gasteiger partial charge >= 0.3 is 0 Å². The molecule has 0 spiro atoms. The quantitative estimate of drug-likeness (QED) is 0.886. The first-order valence-electron chi connectivity index (χ1n) is 8.54. The highest BCUT2D eigenvalue weighted by molar-refractivity contribution is 7.15. The Labute approximate surface area is 133 Å². The molecule has 0 aromatic carbocycles. The standard InChI is InChI=1S/C17H29N3S/c1-11(2)16-15(9-18-14-7-8-14)21-17(19-16)20-10-12(3)5-6-13(20)4/h11-14,18H,5-10H2,1-4H3. The average Bonchev–Trinajstić information content (AvgIpc) is 3.17. The number of anilines is 1. The van der Waals surface area contributed by atoms with Crippen LogP contribution in [0, 0.1) is 5.92 Å². The van der Waals surface area contributed by atoms with Gasteiger partial charge in [0.15, 0.2) is 5.13 Å². The second-order valence-electron chi connectivity index (χ2n) is 7.30. The maximum absolute atomic E-state index is 5.02. The van der Waals surface area contributed by atoms with Gasteiger partial charge in [0.2, 0.25) is 0 Å². The molecule has 118 valence electrons. The van der Waals surface area contributed by atoms with E-state index in [1.54, 1.807) is 0 Å². The van der Waals surface area contributed by atoms with Crippen molar-refractivity contribution in [2.45, 2.75) is 77.9 Å². The van der Waals surface area contributed by atoms with Crippen molar-refractivity contribution in [2.24, 2.45) is 5.92 Å². The summed E-state index contributed by atoms with van der Waals surface area (Å²) in [6.07, 6.45) is 5.36. The van der Waals surface area contributed by atoms with Crippen LogP contribution in [-0.2, 0) is 6.54 Å². The largest absolute Gasteiger partial charge is 0.345 e. The molecule has 2 atom stereocenters. The van der Waals surface area contributed by atoms with E-state index in [1.165, 1.54) is 47.9 Å². The molecule has 2 heterocycles. The Morgan fingerprint density at radius 2 is 2.00 bits per heavy atom. The first-order chi connectivity index (χ1) is 10.0. The molecule has 21 heavy (non-hydrogen) atoms. The van der Waals surface area contributed by atoms with Gasteiger partial charge in [-0.3, -0.25) is 0 Å². The number of rotatable bonds is 5. The highest BCUT2D eigenvalue weighted by atomic mass is 32.1. The molecule has 1 aromatic rings. The van der Waals surface area contributed by atoms with Gasteiger partial charge in [0.1, 0.15) is 0 Å². The summed E-state index contributed by atoms with van der Waals surface area (Å²) < 4.78 is 0. The fraction of sp³-hybridized carbons (Fsp3) is 0.824. The van der Waals surface area contributed by atoms with E-state index < -0.39 is 0 Å². The Hall–Kier alpha value is -0.610. The fourth-order valence-electron chi connectivity index (χ4n) is 3.13. The van der Waals surface area contributed by atoms with Crippen LogP contribution in [0.1, 0.15) is 69.9 Å². The van der Waals surface area contributed by atoms with Gasteiger partial charge in [0, 0.05) is 30.1 Å². The van der Waals surface area contributed by atoms with Crippen LogP contribution in [0.4, 0.5) is 5.13 Å². The number of aromatic nitrogens is 1. The molecule has 0 amide bonds. The molecule has 1 saturated heterocycles. The van der Waals surface area contributed by atoms with Crippen LogP contribution in [0.3, 0.4) is 0 Å². The van der Waals surface area contributed by atoms with Crippen molar-refractivity contribution >= 4 is 16.5 Å². The number of hydrogen-bond acceptors (Lipinski definition) is 4. The minimum Gasteiger partial charge on any atom is -0.345 e. The zero-order valence-corrected chi connectivity index (χ0v) is 14.7. The normalized spacial score (nSPS) is 26.6. The van der Waals surface area contributed by atoms with E-state index in [9.17, 15) is 0 Å². The number of nitrogens with one attached hydrogen (secondary N) is 1. The lowest BCUT2D eigenvalue weighted by molar-refractivity contribution is 0.390. The molecule has 4 heteroatoms. The molecule has 1 aromatic heterocycles. The van der Waals surface area contributed by atoms with Gasteiger partial charge in [-0.05, 0) is 44.4 Å². The summed E-state index contributed by atoms with van der Waals surface area (Å²) in [4.78, 5) is 9.02. The van der Waals surface area contributed by atoms with Crippen molar-refractivity contribution in [1.29, 1.82) is 0 Å². The minimum atomic E-state index is 0.517. The molecule has 1 aliphatic carbocycles. The summed E-state index contributed by atoms with van der Waals surface area (Å²) >= 11 is 1.92. The fourth-order valence-corrected chi connectivity index (χ4v) is 4.41. The van der Waals surface area contributed by atoms with Crippen LogP contribution in [0.2, 0.25) is 0 Å². The molecular weight excluding hydrogens is 278 g/mol. The average molecular weight is 308 g/mol.